The van der Waals surface area contributed by atoms with Crippen LogP contribution in [0.2, 0.25) is 0 Å². The maximum atomic E-state index is 14.8. The molecule has 0 radical (unpaired) electrons. The van der Waals surface area contributed by atoms with Crippen LogP contribution < -0.4 is 4.90 Å². The van der Waals surface area contributed by atoms with Crippen molar-refractivity contribution < 1.29 is 22.3 Å². The highest BCUT2D eigenvalue weighted by Crippen LogP contribution is 2.34. The van der Waals surface area contributed by atoms with E-state index in [-0.39, 0.29) is 12.4 Å². The first-order valence-corrected chi connectivity index (χ1v) is 8.67. The van der Waals surface area contributed by atoms with Crippen LogP contribution >= 0.6 is 0 Å². The van der Waals surface area contributed by atoms with E-state index in [1.54, 1.807) is 25.7 Å². The predicted molar refractivity (Wildman–Crippen MR) is 90.0 cm³/mol. The van der Waals surface area contributed by atoms with Crippen molar-refractivity contribution in [3.05, 3.63) is 34.8 Å². The molecule has 0 amide bonds. The Kier molecular flexibility index (Phi) is 5.36. The van der Waals surface area contributed by atoms with Crippen LogP contribution in [-0.4, -0.2) is 45.7 Å². The third kappa shape index (κ3) is 3.90. The topological polar surface area (TPSA) is 56.1 Å². The summed E-state index contributed by atoms with van der Waals surface area (Å²) >= 11 is 0. The summed E-state index contributed by atoms with van der Waals surface area (Å²) in [5, 5.41) is 4.04. The fraction of sp³-hybridized carbons (Fsp3) is 0.588. The van der Waals surface area contributed by atoms with Crippen LogP contribution in [0.1, 0.15) is 35.6 Å². The quantitative estimate of drug-likeness (QED) is 0.755. The van der Waals surface area contributed by atoms with E-state index in [9.17, 15) is 17.6 Å². The molecule has 1 unspecified atom stereocenters. The van der Waals surface area contributed by atoms with Crippen molar-refractivity contribution in [3.8, 4) is 0 Å². The van der Waals surface area contributed by atoms with E-state index in [1.165, 1.54) is 6.33 Å². The molecule has 0 aromatic carbocycles. The number of morpholine rings is 1. The molecular weight excluding hydrogens is 366 g/mol. The van der Waals surface area contributed by atoms with Crippen molar-refractivity contribution in [1.29, 1.82) is 0 Å². The zero-order valence-corrected chi connectivity index (χ0v) is 15.3. The normalized spacial score (nSPS) is 18.2. The van der Waals surface area contributed by atoms with Crippen molar-refractivity contribution in [3.63, 3.8) is 0 Å². The lowest BCUT2D eigenvalue weighted by Gasteiger charge is -2.37. The number of aromatic nitrogens is 4. The standard InChI is InChI=1S/C17H21F4N5O/c1-4-12-15(18)16(23-9-22-12)25-5-6-27-7-13(25)14-10(2)24-26(11(14)3)8-17(19,20)21/h9,13H,4-8H2,1-3H3. The lowest BCUT2D eigenvalue weighted by Crippen LogP contribution is -2.41. The van der Waals surface area contributed by atoms with Crippen LogP contribution in [0.5, 0.6) is 0 Å². The van der Waals surface area contributed by atoms with E-state index < -0.39 is 24.6 Å². The molecule has 2 aromatic heterocycles. The minimum Gasteiger partial charge on any atom is -0.377 e. The lowest BCUT2D eigenvalue weighted by atomic mass is 10.0. The Morgan fingerprint density at radius 3 is 2.67 bits per heavy atom. The second-order valence-electron chi connectivity index (χ2n) is 6.45. The molecule has 10 heteroatoms. The highest BCUT2D eigenvalue weighted by atomic mass is 19.4. The Labute approximate surface area is 154 Å². The van der Waals surface area contributed by atoms with Crippen LogP contribution in [0.25, 0.3) is 0 Å². The molecule has 0 aliphatic carbocycles. The fourth-order valence-electron chi connectivity index (χ4n) is 3.46. The van der Waals surface area contributed by atoms with Gasteiger partial charge >= 0.3 is 6.18 Å². The first-order valence-electron chi connectivity index (χ1n) is 8.67. The molecule has 0 bridgehead atoms. The van der Waals surface area contributed by atoms with Crippen LogP contribution in [0.15, 0.2) is 6.33 Å². The number of hydrogen-bond donors (Lipinski definition) is 0. The molecule has 1 aliphatic heterocycles. The smallest absolute Gasteiger partial charge is 0.377 e. The molecule has 3 rings (SSSR count). The molecule has 6 nitrogen and oxygen atoms in total. The largest absolute Gasteiger partial charge is 0.408 e. The highest BCUT2D eigenvalue weighted by molar-refractivity contribution is 5.47. The number of hydrogen-bond acceptors (Lipinski definition) is 5. The number of aryl methyl sites for hydroxylation is 2. The molecule has 1 fully saturated rings. The van der Waals surface area contributed by atoms with Gasteiger partial charge in [0.05, 0.1) is 30.6 Å². The minimum atomic E-state index is -4.38. The summed E-state index contributed by atoms with van der Waals surface area (Å²) < 4.78 is 59.7. The molecule has 1 aliphatic rings. The van der Waals surface area contributed by atoms with Gasteiger partial charge in [-0.3, -0.25) is 4.68 Å². The summed E-state index contributed by atoms with van der Waals surface area (Å²) in [5.41, 5.74) is 1.75. The number of nitrogens with zero attached hydrogens (tertiary/aromatic N) is 5. The molecule has 27 heavy (non-hydrogen) atoms. The maximum absolute atomic E-state index is 14.8. The third-order valence-corrected chi connectivity index (χ3v) is 4.68. The van der Waals surface area contributed by atoms with E-state index in [0.29, 0.717) is 42.2 Å². The molecule has 0 N–H and O–H groups in total. The zero-order valence-electron chi connectivity index (χ0n) is 15.3. The number of rotatable bonds is 4. The van der Waals surface area contributed by atoms with E-state index in [0.717, 1.165) is 4.68 Å². The van der Waals surface area contributed by atoms with Crippen LogP contribution in [0.4, 0.5) is 23.4 Å². The summed E-state index contributed by atoms with van der Waals surface area (Å²) in [6.07, 6.45) is -2.66. The van der Waals surface area contributed by atoms with Crippen molar-refractivity contribution in [2.75, 3.05) is 24.7 Å². The number of halogens is 4. The summed E-state index contributed by atoms with van der Waals surface area (Å²) in [4.78, 5) is 9.76. The van der Waals surface area contributed by atoms with Gasteiger partial charge in [0, 0.05) is 17.8 Å². The van der Waals surface area contributed by atoms with Gasteiger partial charge in [0.15, 0.2) is 11.6 Å². The summed E-state index contributed by atoms with van der Waals surface area (Å²) in [5.74, 6) is -0.373. The Bertz CT molecular complexity index is 820. The van der Waals surface area contributed by atoms with Crippen molar-refractivity contribution in [1.82, 2.24) is 19.7 Å². The lowest BCUT2D eigenvalue weighted by molar-refractivity contribution is -0.142. The Balaban J connectivity index is 2.02. The first-order chi connectivity index (χ1) is 12.7. The SMILES string of the molecule is CCc1ncnc(N2CCOCC2c2c(C)nn(CC(F)(F)F)c2C)c1F. The van der Waals surface area contributed by atoms with Gasteiger partial charge in [-0.2, -0.15) is 18.3 Å². The van der Waals surface area contributed by atoms with Crippen LogP contribution in [-0.2, 0) is 17.7 Å². The molecule has 0 saturated carbocycles. The van der Waals surface area contributed by atoms with Gasteiger partial charge in [0.2, 0.25) is 0 Å². The van der Waals surface area contributed by atoms with Crippen LogP contribution in [0.3, 0.4) is 0 Å². The first kappa shape index (κ1) is 19.5. The van der Waals surface area contributed by atoms with E-state index in [1.807, 2.05) is 0 Å². The molecule has 148 valence electrons. The van der Waals surface area contributed by atoms with E-state index in [4.69, 9.17) is 4.74 Å². The maximum Gasteiger partial charge on any atom is 0.408 e. The minimum absolute atomic E-state index is 0.137. The number of anilines is 1. The van der Waals surface area contributed by atoms with Gasteiger partial charge in [-0.05, 0) is 20.3 Å². The van der Waals surface area contributed by atoms with Crippen molar-refractivity contribution >= 4 is 5.82 Å². The molecule has 1 atom stereocenters. The van der Waals surface area contributed by atoms with Gasteiger partial charge in [-0.25, -0.2) is 14.4 Å². The Hall–Kier alpha value is -2.23. The summed E-state index contributed by atoms with van der Waals surface area (Å²) in [7, 11) is 0. The fourth-order valence-corrected chi connectivity index (χ4v) is 3.46. The summed E-state index contributed by atoms with van der Waals surface area (Å²) in [6, 6.07) is -0.477. The van der Waals surface area contributed by atoms with Gasteiger partial charge in [0.1, 0.15) is 12.9 Å². The predicted octanol–water partition coefficient (Wildman–Crippen LogP) is 3.13. The van der Waals surface area contributed by atoms with Gasteiger partial charge in [0.25, 0.3) is 0 Å². The van der Waals surface area contributed by atoms with Crippen molar-refractivity contribution in [2.45, 2.75) is 46.0 Å². The average Bonchev–Trinajstić information content (AvgIpc) is 2.87. The second kappa shape index (κ2) is 7.41. The third-order valence-electron chi connectivity index (χ3n) is 4.68. The van der Waals surface area contributed by atoms with Gasteiger partial charge in [-0.15, -0.1) is 0 Å². The average molecular weight is 387 g/mol. The van der Waals surface area contributed by atoms with Crippen molar-refractivity contribution in [2.24, 2.45) is 0 Å². The molecule has 1 saturated heterocycles. The van der Waals surface area contributed by atoms with E-state index in [2.05, 4.69) is 15.1 Å². The molecular formula is C17H21F4N5O. The monoisotopic (exact) mass is 387 g/mol. The number of ether oxygens (including phenoxy) is 1. The molecule has 0 spiro atoms. The highest BCUT2D eigenvalue weighted by Gasteiger charge is 2.35. The molecule has 2 aromatic rings. The Morgan fingerprint density at radius 1 is 1.26 bits per heavy atom. The van der Waals surface area contributed by atoms with Gasteiger partial charge in [-0.1, -0.05) is 6.92 Å². The number of alkyl halides is 3. The Morgan fingerprint density at radius 2 is 2.00 bits per heavy atom. The van der Waals surface area contributed by atoms with Crippen LogP contribution in [0, 0.1) is 19.7 Å². The second-order valence-corrected chi connectivity index (χ2v) is 6.45. The molecule has 3 heterocycles. The zero-order chi connectivity index (χ0) is 19.8. The van der Waals surface area contributed by atoms with E-state index >= 15 is 0 Å². The van der Waals surface area contributed by atoms with Gasteiger partial charge < -0.3 is 9.64 Å². The summed E-state index contributed by atoms with van der Waals surface area (Å²) in [6.45, 7) is 4.81.